The molecule has 1 aromatic rings. The molecule has 1 rings (SSSR count). The third kappa shape index (κ3) is 5.85. The average molecular weight is 296 g/mol. The Kier molecular flexibility index (Phi) is 8.00. The van der Waals surface area contributed by atoms with Crippen LogP contribution in [0, 0.1) is 0 Å². The van der Waals surface area contributed by atoms with Crippen LogP contribution in [0.2, 0.25) is 0 Å². The summed E-state index contributed by atoms with van der Waals surface area (Å²) >= 11 is 0. The first kappa shape index (κ1) is 17.7. The van der Waals surface area contributed by atoms with Crippen molar-refractivity contribution < 1.29 is 4.74 Å². The molecule has 0 fully saturated rings. The topological polar surface area (TPSA) is 59.4 Å². The molecule has 1 aromatic heterocycles. The van der Waals surface area contributed by atoms with Crippen molar-refractivity contribution in [3.05, 3.63) is 22.6 Å². The fraction of sp³-hybridized carbons (Fsp3) is 0.733. The smallest absolute Gasteiger partial charge is 0.268 e. The van der Waals surface area contributed by atoms with E-state index >= 15 is 0 Å². The SMILES string of the molecule is CCC(CC)NCCn1ncc(N(C)CCOC)cc1=O. The molecule has 120 valence electrons. The van der Waals surface area contributed by atoms with Crippen LogP contribution in [0.25, 0.3) is 0 Å². The zero-order valence-corrected chi connectivity index (χ0v) is 13.6. The first-order valence-corrected chi connectivity index (χ1v) is 7.63. The second-order valence-corrected chi connectivity index (χ2v) is 5.16. The highest BCUT2D eigenvalue weighted by molar-refractivity contribution is 5.41. The lowest BCUT2D eigenvalue weighted by atomic mass is 10.2. The molecule has 0 bridgehead atoms. The maximum absolute atomic E-state index is 12.0. The number of likely N-dealkylation sites (N-methyl/N-ethyl adjacent to an activating group) is 1. The Morgan fingerprint density at radius 1 is 1.43 bits per heavy atom. The van der Waals surface area contributed by atoms with Crippen LogP contribution < -0.4 is 15.8 Å². The van der Waals surface area contributed by atoms with Gasteiger partial charge < -0.3 is 15.0 Å². The molecule has 0 saturated carbocycles. The summed E-state index contributed by atoms with van der Waals surface area (Å²) in [6.07, 6.45) is 3.93. The van der Waals surface area contributed by atoms with E-state index in [0.29, 0.717) is 19.2 Å². The Morgan fingerprint density at radius 3 is 2.71 bits per heavy atom. The van der Waals surface area contributed by atoms with E-state index in [9.17, 15) is 4.79 Å². The minimum Gasteiger partial charge on any atom is -0.383 e. The van der Waals surface area contributed by atoms with Crippen molar-refractivity contribution in [2.45, 2.75) is 39.3 Å². The second-order valence-electron chi connectivity index (χ2n) is 5.16. The van der Waals surface area contributed by atoms with Gasteiger partial charge in [-0.25, -0.2) is 4.68 Å². The van der Waals surface area contributed by atoms with Crippen molar-refractivity contribution >= 4 is 5.69 Å². The van der Waals surface area contributed by atoms with E-state index in [1.54, 1.807) is 19.4 Å². The molecule has 1 N–H and O–H groups in total. The van der Waals surface area contributed by atoms with Crippen molar-refractivity contribution in [2.24, 2.45) is 0 Å². The zero-order chi connectivity index (χ0) is 15.7. The van der Waals surface area contributed by atoms with E-state index < -0.39 is 0 Å². The normalized spacial score (nSPS) is 11.1. The number of methoxy groups -OCH3 is 1. The monoisotopic (exact) mass is 296 g/mol. The Bertz CT molecular complexity index is 457. The van der Waals surface area contributed by atoms with E-state index in [1.807, 2.05) is 11.9 Å². The molecule has 0 atom stereocenters. The number of hydrogen-bond donors (Lipinski definition) is 1. The summed E-state index contributed by atoms with van der Waals surface area (Å²) in [7, 11) is 3.59. The van der Waals surface area contributed by atoms with Crippen LogP contribution in [-0.2, 0) is 11.3 Å². The molecular formula is C15H28N4O2. The highest BCUT2D eigenvalue weighted by Crippen LogP contribution is 2.06. The van der Waals surface area contributed by atoms with Gasteiger partial charge in [0, 0.05) is 39.4 Å². The van der Waals surface area contributed by atoms with E-state index in [2.05, 4.69) is 24.3 Å². The van der Waals surface area contributed by atoms with Gasteiger partial charge in [-0.15, -0.1) is 0 Å². The fourth-order valence-corrected chi connectivity index (χ4v) is 2.11. The van der Waals surface area contributed by atoms with E-state index in [4.69, 9.17) is 4.74 Å². The standard InChI is InChI=1S/C15H28N4O2/c1-5-13(6-2)16-7-8-19-15(20)11-14(12-17-19)18(3)9-10-21-4/h11-13,16H,5-10H2,1-4H3. The molecule has 0 aliphatic rings. The minimum atomic E-state index is -0.0666. The number of rotatable bonds is 10. The summed E-state index contributed by atoms with van der Waals surface area (Å²) in [5.74, 6) is 0. The molecule has 0 saturated heterocycles. The van der Waals surface area contributed by atoms with Gasteiger partial charge in [0.05, 0.1) is 25.0 Å². The Morgan fingerprint density at radius 2 is 2.14 bits per heavy atom. The summed E-state index contributed by atoms with van der Waals surface area (Å²) in [5, 5.41) is 7.67. The van der Waals surface area contributed by atoms with Gasteiger partial charge in [0.1, 0.15) is 0 Å². The molecule has 6 nitrogen and oxygen atoms in total. The molecule has 1 heterocycles. The van der Waals surface area contributed by atoms with E-state index in [-0.39, 0.29) is 5.56 Å². The zero-order valence-electron chi connectivity index (χ0n) is 13.6. The first-order valence-electron chi connectivity index (χ1n) is 7.63. The number of anilines is 1. The Labute approximate surface area is 127 Å². The molecule has 0 aliphatic heterocycles. The molecule has 0 aliphatic carbocycles. The number of aromatic nitrogens is 2. The van der Waals surface area contributed by atoms with Crippen LogP contribution in [0.3, 0.4) is 0 Å². The van der Waals surface area contributed by atoms with Crippen molar-refractivity contribution in [3.8, 4) is 0 Å². The summed E-state index contributed by atoms with van der Waals surface area (Å²) in [5.41, 5.74) is 0.754. The number of ether oxygens (including phenoxy) is 1. The molecular weight excluding hydrogens is 268 g/mol. The van der Waals surface area contributed by atoms with Crippen LogP contribution >= 0.6 is 0 Å². The molecule has 0 amide bonds. The van der Waals surface area contributed by atoms with E-state index in [1.165, 1.54) is 4.68 Å². The predicted molar refractivity (Wildman–Crippen MR) is 86.0 cm³/mol. The van der Waals surface area contributed by atoms with E-state index in [0.717, 1.165) is 31.6 Å². The third-order valence-corrected chi connectivity index (χ3v) is 3.67. The number of nitrogens with one attached hydrogen (secondary N) is 1. The Balaban J connectivity index is 2.56. The van der Waals surface area contributed by atoms with Gasteiger partial charge in [-0.1, -0.05) is 13.8 Å². The Hall–Kier alpha value is -1.40. The summed E-state index contributed by atoms with van der Waals surface area (Å²) in [6, 6.07) is 2.14. The van der Waals surface area contributed by atoms with Gasteiger partial charge in [0.2, 0.25) is 0 Å². The first-order chi connectivity index (χ1) is 10.1. The fourth-order valence-electron chi connectivity index (χ4n) is 2.11. The molecule has 6 heteroatoms. The van der Waals surface area contributed by atoms with Gasteiger partial charge in [-0.3, -0.25) is 4.79 Å². The minimum absolute atomic E-state index is 0.0666. The quantitative estimate of drug-likeness (QED) is 0.701. The van der Waals surface area contributed by atoms with Crippen LogP contribution in [0.15, 0.2) is 17.1 Å². The van der Waals surface area contributed by atoms with Gasteiger partial charge in [0.25, 0.3) is 5.56 Å². The number of hydrogen-bond acceptors (Lipinski definition) is 5. The summed E-state index contributed by atoms with van der Waals surface area (Å²) in [4.78, 5) is 14.0. The van der Waals surface area contributed by atoms with Gasteiger partial charge in [0.15, 0.2) is 0 Å². The molecule has 0 unspecified atom stereocenters. The van der Waals surface area contributed by atoms with Gasteiger partial charge >= 0.3 is 0 Å². The van der Waals surface area contributed by atoms with Crippen LogP contribution in [0.5, 0.6) is 0 Å². The summed E-state index contributed by atoms with van der Waals surface area (Å²) in [6.45, 7) is 7.04. The lowest BCUT2D eigenvalue weighted by Gasteiger charge is -2.18. The lowest BCUT2D eigenvalue weighted by molar-refractivity contribution is 0.206. The largest absolute Gasteiger partial charge is 0.383 e. The van der Waals surface area contributed by atoms with Crippen molar-refractivity contribution in [1.82, 2.24) is 15.1 Å². The van der Waals surface area contributed by atoms with Crippen LogP contribution in [-0.4, -0.2) is 49.7 Å². The molecule has 0 radical (unpaired) electrons. The van der Waals surface area contributed by atoms with Crippen LogP contribution in [0.1, 0.15) is 26.7 Å². The lowest BCUT2D eigenvalue weighted by Crippen LogP contribution is -2.34. The molecule has 21 heavy (non-hydrogen) atoms. The third-order valence-electron chi connectivity index (χ3n) is 3.67. The summed E-state index contributed by atoms with van der Waals surface area (Å²) < 4.78 is 6.53. The average Bonchev–Trinajstić information content (AvgIpc) is 2.50. The maximum Gasteiger partial charge on any atom is 0.268 e. The maximum atomic E-state index is 12.0. The predicted octanol–water partition coefficient (Wildman–Crippen LogP) is 1.10. The number of nitrogens with zero attached hydrogens (tertiary/aromatic N) is 3. The second kappa shape index (κ2) is 9.52. The van der Waals surface area contributed by atoms with Gasteiger partial charge in [-0.05, 0) is 12.8 Å². The highest BCUT2D eigenvalue weighted by Gasteiger charge is 2.06. The molecule has 0 aromatic carbocycles. The van der Waals surface area contributed by atoms with Gasteiger partial charge in [-0.2, -0.15) is 5.10 Å². The van der Waals surface area contributed by atoms with Crippen molar-refractivity contribution in [3.63, 3.8) is 0 Å². The van der Waals surface area contributed by atoms with Crippen molar-refractivity contribution in [2.75, 3.05) is 38.8 Å². The van der Waals surface area contributed by atoms with Crippen molar-refractivity contribution in [1.29, 1.82) is 0 Å². The molecule has 0 spiro atoms. The van der Waals surface area contributed by atoms with Crippen LogP contribution in [0.4, 0.5) is 5.69 Å². The highest BCUT2D eigenvalue weighted by atomic mass is 16.5.